The number of rotatable bonds is 7. The zero-order chi connectivity index (χ0) is 23.6. The second-order valence-electron chi connectivity index (χ2n) is 8.73. The van der Waals surface area contributed by atoms with Crippen LogP contribution in [0, 0.1) is 20.8 Å². The summed E-state index contributed by atoms with van der Waals surface area (Å²) >= 11 is 0. The summed E-state index contributed by atoms with van der Waals surface area (Å²) in [6.07, 6.45) is -0.900. The van der Waals surface area contributed by atoms with Gasteiger partial charge in [-0.3, -0.25) is 9.80 Å². The molecule has 0 bridgehead atoms. The molecule has 1 atom stereocenters. The van der Waals surface area contributed by atoms with Gasteiger partial charge in [0, 0.05) is 5.69 Å². The largest absolute Gasteiger partial charge is 0.476 e. The molecule has 7 nitrogen and oxygen atoms in total. The van der Waals surface area contributed by atoms with Crippen LogP contribution < -0.4 is 9.64 Å². The predicted molar refractivity (Wildman–Crippen MR) is 123 cm³/mol. The van der Waals surface area contributed by atoms with E-state index in [1.165, 1.54) is 4.90 Å². The van der Waals surface area contributed by atoms with Crippen LogP contribution in [-0.4, -0.2) is 47.0 Å². The SMILES string of the molecule is CCOC(=O)C(C)(C)Oc1c(C)cc(CN2C(=O)N(c3ccc(C)cc3)CC2O)cc1C. The van der Waals surface area contributed by atoms with Crippen LogP contribution in [-0.2, 0) is 16.1 Å². The van der Waals surface area contributed by atoms with Crippen molar-refractivity contribution >= 4 is 17.7 Å². The molecule has 2 aromatic carbocycles. The lowest BCUT2D eigenvalue weighted by atomic mass is 10.0. The van der Waals surface area contributed by atoms with Gasteiger partial charge in [-0.05, 0) is 70.4 Å². The van der Waals surface area contributed by atoms with Crippen molar-refractivity contribution < 1.29 is 24.2 Å². The third kappa shape index (κ3) is 4.88. The van der Waals surface area contributed by atoms with E-state index in [9.17, 15) is 14.7 Å². The Morgan fingerprint density at radius 2 is 1.72 bits per heavy atom. The van der Waals surface area contributed by atoms with Crippen molar-refractivity contribution in [1.29, 1.82) is 0 Å². The van der Waals surface area contributed by atoms with Gasteiger partial charge in [0.15, 0.2) is 5.60 Å². The summed E-state index contributed by atoms with van der Waals surface area (Å²) < 4.78 is 11.1. The van der Waals surface area contributed by atoms with Gasteiger partial charge in [0.1, 0.15) is 12.0 Å². The molecule has 1 fully saturated rings. The third-order valence-electron chi connectivity index (χ3n) is 5.53. The van der Waals surface area contributed by atoms with Gasteiger partial charge in [0.25, 0.3) is 0 Å². The highest BCUT2D eigenvalue weighted by Gasteiger charge is 2.37. The molecule has 0 radical (unpaired) electrons. The predicted octanol–water partition coefficient (Wildman–Crippen LogP) is 4.09. The number of aliphatic hydroxyl groups excluding tert-OH is 1. The van der Waals surface area contributed by atoms with Gasteiger partial charge >= 0.3 is 12.0 Å². The molecule has 0 spiro atoms. The van der Waals surface area contributed by atoms with E-state index in [0.717, 1.165) is 27.9 Å². The zero-order valence-corrected chi connectivity index (χ0v) is 19.6. The molecule has 172 valence electrons. The fourth-order valence-corrected chi connectivity index (χ4v) is 3.83. The van der Waals surface area contributed by atoms with E-state index in [4.69, 9.17) is 9.47 Å². The zero-order valence-electron chi connectivity index (χ0n) is 19.6. The Bertz CT molecular complexity index is 977. The summed E-state index contributed by atoms with van der Waals surface area (Å²) in [5.74, 6) is 0.186. The maximum atomic E-state index is 13.0. The molecule has 32 heavy (non-hydrogen) atoms. The molecule has 1 aliphatic rings. The van der Waals surface area contributed by atoms with Gasteiger partial charge in [0.05, 0.1) is 19.7 Å². The summed E-state index contributed by atoms with van der Waals surface area (Å²) in [5, 5.41) is 10.6. The lowest BCUT2D eigenvalue weighted by molar-refractivity contribution is -0.158. The highest BCUT2D eigenvalue weighted by Crippen LogP contribution is 2.31. The number of esters is 1. The first-order chi connectivity index (χ1) is 15.0. The molecular formula is C25H32N2O5. The molecule has 1 N–H and O–H groups in total. The summed E-state index contributed by atoms with van der Waals surface area (Å²) in [7, 11) is 0. The van der Waals surface area contributed by atoms with E-state index < -0.39 is 17.8 Å². The second-order valence-corrected chi connectivity index (χ2v) is 8.73. The van der Waals surface area contributed by atoms with Gasteiger partial charge in [-0.2, -0.15) is 0 Å². The van der Waals surface area contributed by atoms with Crippen molar-refractivity contribution in [3.63, 3.8) is 0 Å². The minimum absolute atomic E-state index is 0.217. The monoisotopic (exact) mass is 440 g/mol. The molecule has 1 saturated heterocycles. The highest BCUT2D eigenvalue weighted by atomic mass is 16.6. The number of nitrogens with zero attached hydrogens (tertiary/aromatic N) is 2. The third-order valence-corrected chi connectivity index (χ3v) is 5.53. The van der Waals surface area contributed by atoms with E-state index in [1.807, 2.05) is 57.2 Å². The highest BCUT2D eigenvalue weighted by molar-refractivity contribution is 5.94. The van der Waals surface area contributed by atoms with E-state index in [2.05, 4.69) is 0 Å². The van der Waals surface area contributed by atoms with Crippen molar-refractivity contribution in [2.45, 2.75) is 59.9 Å². The number of benzene rings is 2. The van der Waals surface area contributed by atoms with Crippen LogP contribution >= 0.6 is 0 Å². The van der Waals surface area contributed by atoms with Gasteiger partial charge in [-0.15, -0.1) is 0 Å². The first kappa shape index (κ1) is 23.6. The van der Waals surface area contributed by atoms with Crippen molar-refractivity contribution in [1.82, 2.24) is 4.90 Å². The Kier molecular flexibility index (Phi) is 6.79. The van der Waals surface area contributed by atoms with E-state index in [0.29, 0.717) is 5.75 Å². The van der Waals surface area contributed by atoms with Crippen LogP contribution in [0.2, 0.25) is 0 Å². The Morgan fingerprint density at radius 3 is 2.28 bits per heavy atom. The fraction of sp³-hybridized carbons (Fsp3) is 0.440. The fourth-order valence-electron chi connectivity index (χ4n) is 3.83. The molecular weight excluding hydrogens is 408 g/mol. The second kappa shape index (κ2) is 9.20. The molecule has 3 rings (SSSR count). The van der Waals surface area contributed by atoms with Crippen LogP contribution in [0.1, 0.15) is 43.0 Å². The van der Waals surface area contributed by atoms with Gasteiger partial charge in [0.2, 0.25) is 0 Å². The minimum Gasteiger partial charge on any atom is -0.476 e. The number of anilines is 1. The number of aryl methyl sites for hydroxylation is 3. The smallest absolute Gasteiger partial charge is 0.349 e. The van der Waals surface area contributed by atoms with Crippen LogP contribution in [0.5, 0.6) is 5.75 Å². The number of aliphatic hydroxyl groups is 1. The first-order valence-electron chi connectivity index (χ1n) is 10.8. The van der Waals surface area contributed by atoms with E-state index in [-0.39, 0.29) is 25.7 Å². The first-order valence-corrected chi connectivity index (χ1v) is 10.8. The van der Waals surface area contributed by atoms with Crippen LogP contribution in [0.15, 0.2) is 36.4 Å². The number of carbonyl (C=O) groups is 2. The number of ether oxygens (including phenoxy) is 2. The molecule has 2 aromatic rings. The van der Waals surface area contributed by atoms with Crippen LogP contribution in [0.4, 0.5) is 10.5 Å². The van der Waals surface area contributed by atoms with E-state index >= 15 is 0 Å². The Labute approximate surface area is 189 Å². The van der Waals surface area contributed by atoms with E-state index in [1.54, 1.807) is 25.7 Å². The molecule has 0 aliphatic carbocycles. The van der Waals surface area contributed by atoms with Crippen molar-refractivity contribution in [2.75, 3.05) is 18.1 Å². The van der Waals surface area contributed by atoms with Gasteiger partial charge in [-0.1, -0.05) is 29.8 Å². The van der Waals surface area contributed by atoms with Crippen LogP contribution in [0.25, 0.3) is 0 Å². The normalized spacial score (nSPS) is 16.5. The maximum absolute atomic E-state index is 13.0. The number of β-amino-alcohol motifs (C(OH)–C–C–N with tert-alkyl or cyclic N) is 1. The quantitative estimate of drug-likeness (QED) is 0.656. The van der Waals surface area contributed by atoms with Crippen molar-refractivity contribution in [2.24, 2.45) is 0 Å². The molecule has 1 unspecified atom stereocenters. The lowest BCUT2D eigenvalue weighted by Crippen LogP contribution is -2.40. The number of urea groups is 1. The number of hydrogen-bond acceptors (Lipinski definition) is 5. The minimum atomic E-state index is -1.12. The molecule has 2 amide bonds. The number of amides is 2. The Morgan fingerprint density at radius 1 is 1.12 bits per heavy atom. The summed E-state index contributed by atoms with van der Waals surface area (Å²) in [6, 6.07) is 11.3. The molecule has 0 aromatic heterocycles. The molecule has 7 heteroatoms. The maximum Gasteiger partial charge on any atom is 0.349 e. The van der Waals surface area contributed by atoms with Crippen molar-refractivity contribution in [3.05, 3.63) is 58.7 Å². The summed E-state index contributed by atoms with van der Waals surface area (Å²) in [6.45, 7) is 11.7. The molecule has 1 heterocycles. The number of hydrogen-bond donors (Lipinski definition) is 1. The Balaban J connectivity index is 1.77. The van der Waals surface area contributed by atoms with Crippen molar-refractivity contribution in [3.8, 4) is 5.75 Å². The number of carbonyl (C=O) groups excluding carboxylic acids is 2. The topological polar surface area (TPSA) is 79.3 Å². The lowest BCUT2D eigenvalue weighted by Gasteiger charge is -2.27. The average Bonchev–Trinajstić information content (AvgIpc) is 3.00. The molecule has 1 aliphatic heterocycles. The average molecular weight is 441 g/mol. The summed E-state index contributed by atoms with van der Waals surface area (Å²) in [4.78, 5) is 28.2. The van der Waals surface area contributed by atoms with Gasteiger partial charge < -0.3 is 14.6 Å². The standard InChI is InChI=1S/C25H32N2O5/c1-7-31-23(29)25(5,6)32-22-17(3)12-19(13-18(22)4)14-27-21(28)15-26(24(27)30)20-10-8-16(2)9-11-20/h8-13,21,28H,7,14-15H2,1-6H3. The van der Waals surface area contributed by atoms with Gasteiger partial charge in [-0.25, -0.2) is 9.59 Å². The molecule has 0 saturated carbocycles. The Hall–Kier alpha value is -3.06. The summed E-state index contributed by atoms with van der Waals surface area (Å²) in [5.41, 5.74) is 3.31. The van der Waals surface area contributed by atoms with Crippen LogP contribution in [0.3, 0.4) is 0 Å².